The number of rotatable bonds is 8. The van der Waals surface area contributed by atoms with Gasteiger partial charge in [-0.3, -0.25) is 9.59 Å². The normalized spacial score (nSPS) is 14.4. The van der Waals surface area contributed by atoms with Crippen molar-refractivity contribution in [2.45, 2.75) is 52.0 Å². The Labute approximate surface area is 161 Å². The fourth-order valence-electron chi connectivity index (χ4n) is 3.04. The maximum atomic E-state index is 12.2. The van der Waals surface area contributed by atoms with Crippen molar-refractivity contribution in [3.05, 3.63) is 65.2 Å². The second-order valence-corrected chi connectivity index (χ2v) is 7.34. The predicted octanol–water partition coefficient (Wildman–Crippen LogP) is 4.41. The number of hydrogen-bond donors (Lipinski definition) is 2. The molecule has 0 saturated heterocycles. The number of hydrogen-bond acceptors (Lipinski definition) is 2. The molecule has 0 bridgehead atoms. The summed E-state index contributed by atoms with van der Waals surface area (Å²) in [4.78, 5) is 24.0. The molecule has 2 N–H and O–H groups in total. The highest BCUT2D eigenvalue weighted by Gasteiger charge is 2.29. The van der Waals surface area contributed by atoms with Crippen molar-refractivity contribution in [1.29, 1.82) is 0 Å². The number of aryl methyl sites for hydroxylation is 2. The smallest absolute Gasteiger partial charge is 0.227 e. The third kappa shape index (κ3) is 5.68. The zero-order chi connectivity index (χ0) is 19.2. The third-order valence-electron chi connectivity index (χ3n) is 5.08. The van der Waals surface area contributed by atoms with E-state index in [1.165, 1.54) is 11.1 Å². The van der Waals surface area contributed by atoms with Gasteiger partial charge < -0.3 is 10.6 Å². The second-order valence-electron chi connectivity index (χ2n) is 7.34. The van der Waals surface area contributed by atoms with Gasteiger partial charge in [0.25, 0.3) is 0 Å². The van der Waals surface area contributed by atoms with Crippen LogP contribution in [0.25, 0.3) is 0 Å². The maximum absolute atomic E-state index is 12.2. The summed E-state index contributed by atoms with van der Waals surface area (Å²) in [6.45, 7) is 4.11. The Balaban J connectivity index is 1.46. The van der Waals surface area contributed by atoms with Crippen molar-refractivity contribution in [2.75, 3.05) is 5.32 Å². The number of carbonyl (C=O) groups is 2. The first-order valence-corrected chi connectivity index (χ1v) is 9.83. The van der Waals surface area contributed by atoms with Gasteiger partial charge in [-0.15, -0.1) is 0 Å². The topological polar surface area (TPSA) is 58.2 Å². The van der Waals surface area contributed by atoms with Gasteiger partial charge in [-0.25, -0.2) is 0 Å². The second kappa shape index (κ2) is 8.85. The lowest BCUT2D eigenvalue weighted by Crippen LogP contribution is -2.26. The van der Waals surface area contributed by atoms with Crippen molar-refractivity contribution in [1.82, 2.24) is 5.32 Å². The van der Waals surface area contributed by atoms with Crippen molar-refractivity contribution in [3.63, 3.8) is 0 Å². The summed E-state index contributed by atoms with van der Waals surface area (Å²) >= 11 is 0. The number of nitrogens with one attached hydrogen (secondary N) is 2. The van der Waals surface area contributed by atoms with Crippen molar-refractivity contribution in [3.8, 4) is 0 Å². The summed E-state index contributed by atoms with van der Waals surface area (Å²) in [5.74, 6) is 0.352. The first-order valence-electron chi connectivity index (χ1n) is 9.83. The molecule has 142 valence electrons. The van der Waals surface area contributed by atoms with E-state index in [1.54, 1.807) is 0 Å². The largest absolute Gasteiger partial charge is 0.350 e. The summed E-state index contributed by atoms with van der Waals surface area (Å²) in [5, 5.41) is 5.98. The number of benzene rings is 2. The fraction of sp³-hybridized carbons (Fsp3) is 0.391. The van der Waals surface area contributed by atoms with Gasteiger partial charge in [0.15, 0.2) is 0 Å². The summed E-state index contributed by atoms with van der Waals surface area (Å²) in [6.07, 6.45) is 4.24. The van der Waals surface area contributed by atoms with Crippen LogP contribution in [0.5, 0.6) is 0 Å². The zero-order valence-electron chi connectivity index (χ0n) is 16.1. The molecular weight excluding hydrogens is 336 g/mol. The first kappa shape index (κ1) is 19.2. The van der Waals surface area contributed by atoms with Crippen LogP contribution in [0.15, 0.2) is 48.5 Å². The average molecular weight is 364 g/mol. The number of carbonyl (C=O) groups excluding carboxylic acids is 2. The molecular formula is C23H28N2O2. The van der Waals surface area contributed by atoms with Gasteiger partial charge in [-0.1, -0.05) is 43.3 Å². The Morgan fingerprint density at radius 2 is 1.63 bits per heavy atom. The molecule has 4 nitrogen and oxygen atoms in total. The number of amides is 2. The van der Waals surface area contributed by atoms with E-state index in [-0.39, 0.29) is 23.8 Å². The minimum Gasteiger partial charge on any atom is -0.350 e. The molecule has 0 aliphatic heterocycles. The van der Waals surface area contributed by atoms with Gasteiger partial charge in [-0.2, -0.15) is 0 Å². The minimum absolute atomic E-state index is 0.0492. The minimum atomic E-state index is -0.0619. The van der Waals surface area contributed by atoms with Crippen LogP contribution < -0.4 is 10.6 Å². The molecule has 2 amide bonds. The summed E-state index contributed by atoms with van der Waals surface area (Å²) in [6, 6.07) is 16.1. The van der Waals surface area contributed by atoms with Crippen LogP contribution in [0.1, 0.15) is 55.8 Å². The molecule has 0 heterocycles. The van der Waals surface area contributed by atoms with E-state index in [0.29, 0.717) is 6.42 Å². The molecule has 1 aliphatic rings. The lowest BCUT2D eigenvalue weighted by atomic mass is 10.0. The summed E-state index contributed by atoms with van der Waals surface area (Å²) < 4.78 is 0. The molecule has 0 radical (unpaired) electrons. The Hall–Kier alpha value is -2.62. The summed E-state index contributed by atoms with van der Waals surface area (Å²) in [7, 11) is 0. The quantitative estimate of drug-likeness (QED) is 0.729. The monoisotopic (exact) mass is 364 g/mol. The van der Waals surface area contributed by atoms with Crippen LogP contribution in [0, 0.1) is 5.92 Å². The van der Waals surface area contributed by atoms with Crippen LogP contribution in [-0.4, -0.2) is 11.8 Å². The van der Waals surface area contributed by atoms with E-state index in [0.717, 1.165) is 36.9 Å². The third-order valence-corrected chi connectivity index (χ3v) is 5.08. The van der Waals surface area contributed by atoms with Gasteiger partial charge >= 0.3 is 0 Å². The van der Waals surface area contributed by atoms with E-state index < -0.39 is 0 Å². The highest BCUT2D eigenvalue weighted by molar-refractivity contribution is 5.94. The van der Waals surface area contributed by atoms with Crippen LogP contribution in [0.2, 0.25) is 0 Å². The Kier molecular flexibility index (Phi) is 6.28. The fourth-order valence-corrected chi connectivity index (χ4v) is 3.04. The van der Waals surface area contributed by atoms with E-state index in [9.17, 15) is 9.59 Å². The van der Waals surface area contributed by atoms with Crippen molar-refractivity contribution >= 4 is 17.5 Å². The summed E-state index contributed by atoms with van der Waals surface area (Å²) in [5.41, 5.74) is 4.34. The SMILES string of the molecule is CCc1ccc(CCC(=O)NC(C)c2ccc(NC(=O)C3CC3)cc2)cc1. The molecule has 4 heteroatoms. The van der Waals surface area contributed by atoms with E-state index in [2.05, 4.69) is 41.8 Å². The van der Waals surface area contributed by atoms with Gasteiger partial charge in [0, 0.05) is 18.0 Å². The molecule has 1 atom stereocenters. The lowest BCUT2D eigenvalue weighted by Gasteiger charge is -2.15. The highest BCUT2D eigenvalue weighted by Crippen LogP contribution is 2.30. The van der Waals surface area contributed by atoms with Gasteiger partial charge in [0.05, 0.1) is 6.04 Å². The van der Waals surface area contributed by atoms with Gasteiger partial charge in [0.2, 0.25) is 11.8 Å². The van der Waals surface area contributed by atoms with E-state index >= 15 is 0 Å². The van der Waals surface area contributed by atoms with Crippen molar-refractivity contribution < 1.29 is 9.59 Å². The average Bonchev–Trinajstić information content (AvgIpc) is 3.52. The van der Waals surface area contributed by atoms with Crippen LogP contribution in [0.4, 0.5) is 5.69 Å². The van der Waals surface area contributed by atoms with Crippen LogP contribution in [0.3, 0.4) is 0 Å². The lowest BCUT2D eigenvalue weighted by molar-refractivity contribution is -0.121. The molecule has 2 aromatic carbocycles. The van der Waals surface area contributed by atoms with Gasteiger partial charge in [0.1, 0.15) is 0 Å². The Morgan fingerprint density at radius 1 is 1.00 bits per heavy atom. The maximum Gasteiger partial charge on any atom is 0.227 e. The highest BCUT2D eigenvalue weighted by atomic mass is 16.2. The molecule has 27 heavy (non-hydrogen) atoms. The Morgan fingerprint density at radius 3 is 2.22 bits per heavy atom. The zero-order valence-corrected chi connectivity index (χ0v) is 16.1. The first-order chi connectivity index (χ1) is 13.0. The molecule has 1 aliphatic carbocycles. The number of anilines is 1. The Bertz CT molecular complexity index is 777. The van der Waals surface area contributed by atoms with Gasteiger partial charge in [-0.05, 0) is 61.4 Å². The molecule has 1 unspecified atom stereocenters. The molecule has 3 rings (SSSR count). The molecule has 1 fully saturated rings. The van der Waals surface area contributed by atoms with Crippen LogP contribution in [-0.2, 0) is 22.4 Å². The van der Waals surface area contributed by atoms with Crippen LogP contribution >= 0.6 is 0 Å². The van der Waals surface area contributed by atoms with E-state index in [1.807, 2.05) is 31.2 Å². The predicted molar refractivity (Wildman–Crippen MR) is 108 cm³/mol. The standard InChI is InChI=1S/C23H28N2O2/c1-3-17-4-6-18(7-5-17)8-15-22(26)24-16(2)19-11-13-21(14-12-19)25-23(27)20-9-10-20/h4-7,11-14,16,20H,3,8-10,15H2,1-2H3,(H,24,26)(H,25,27). The molecule has 0 aromatic heterocycles. The molecule has 0 spiro atoms. The molecule has 1 saturated carbocycles. The van der Waals surface area contributed by atoms with Crippen molar-refractivity contribution in [2.24, 2.45) is 5.92 Å². The molecule has 2 aromatic rings. The van der Waals surface area contributed by atoms with E-state index in [4.69, 9.17) is 0 Å².